The number of hydrogen-bond acceptors (Lipinski definition) is 5. The molecular formula is C25H22F2N2O4S. The molecule has 2 N–H and O–H groups in total. The van der Waals surface area contributed by atoms with Crippen molar-refractivity contribution in [1.82, 2.24) is 10.6 Å². The van der Waals surface area contributed by atoms with Crippen LogP contribution >= 0.6 is 11.8 Å². The average molecular weight is 485 g/mol. The summed E-state index contributed by atoms with van der Waals surface area (Å²) in [6.07, 6.45) is 0. The van der Waals surface area contributed by atoms with Crippen LogP contribution in [0.5, 0.6) is 0 Å². The fourth-order valence-corrected chi connectivity index (χ4v) is 3.76. The zero-order chi connectivity index (χ0) is 24.3. The molecule has 176 valence electrons. The zero-order valence-corrected chi connectivity index (χ0v) is 18.9. The molecule has 0 atom stereocenters. The van der Waals surface area contributed by atoms with Gasteiger partial charge in [-0.15, -0.1) is 11.8 Å². The summed E-state index contributed by atoms with van der Waals surface area (Å²) in [6, 6.07) is 18.7. The van der Waals surface area contributed by atoms with Crippen LogP contribution in [-0.2, 0) is 27.4 Å². The molecule has 0 radical (unpaired) electrons. The minimum atomic E-state index is -0.726. The van der Waals surface area contributed by atoms with Crippen LogP contribution in [0.2, 0.25) is 0 Å². The molecule has 9 heteroatoms. The second kappa shape index (κ2) is 12.5. The first-order valence-corrected chi connectivity index (χ1v) is 11.3. The topological polar surface area (TPSA) is 84.5 Å². The predicted molar refractivity (Wildman–Crippen MR) is 124 cm³/mol. The van der Waals surface area contributed by atoms with Crippen molar-refractivity contribution in [2.75, 3.05) is 12.4 Å². The van der Waals surface area contributed by atoms with Gasteiger partial charge in [0.25, 0.3) is 5.91 Å². The molecule has 0 aliphatic rings. The molecular weight excluding hydrogens is 462 g/mol. The summed E-state index contributed by atoms with van der Waals surface area (Å²) >= 11 is 1.12. The molecule has 3 rings (SSSR count). The van der Waals surface area contributed by atoms with E-state index in [1.165, 1.54) is 18.2 Å². The van der Waals surface area contributed by atoms with Gasteiger partial charge in [0, 0.05) is 29.1 Å². The number of hydrogen-bond donors (Lipinski definition) is 2. The van der Waals surface area contributed by atoms with E-state index in [0.717, 1.165) is 11.8 Å². The van der Waals surface area contributed by atoms with E-state index in [0.29, 0.717) is 16.0 Å². The number of carbonyl (C=O) groups is 3. The Labute approximate surface area is 199 Å². The third-order valence-electron chi connectivity index (χ3n) is 4.67. The van der Waals surface area contributed by atoms with Gasteiger partial charge in [-0.25, -0.2) is 13.6 Å². The lowest BCUT2D eigenvalue weighted by atomic mass is 10.2. The van der Waals surface area contributed by atoms with Gasteiger partial charge in [-0.3, -0.25) is 9.59 Å². The van der Waals surface area contributed by atoms with Gasteiger partial charge in [-0.2, -0.15) is 0 Å². The Morgan fingerprint density at radius 2 is 1.26 bits per heavy atom. The average Bonchev–Trinajstić information content (AvgIpc) is 2.85. The third-order valence-corrected chi connectivity index (χ3v) is 5.74. The maximum atomic E-state index is 13.7. The molecule has 0 spiro atoms. The Kier molecular flexibility index (Phi) is 9.16. The number of carbonyl (C=O) groups excluding carboxylic acids is 3. The standard InChI is InChI=1S/C25H22F2N2O4S/c26-20-10-4-1-7-17(20)13-28-23(30)15-33-25(32)19-9-3-6-12-22(19)34-16-24(31)29-14-18-8-2-5-11-21(18)27/h1-12H,13-16H2,(H,28,30)(H,29,31). The molecule has 0 aliphatic heterocycles. The number of ether oxygens (including phenoxy) is 1. The number of esters is 1. The van der Waals surface area contributed by atoms with Crippen molar-refractivity contribution in [3.8, 4) is 0 Å². The van der Waals surface area contributed by atoms with Crippen molar-refractivity contribution in [2.45, 2.75) is 18.0 Å². The number of amides is 2. The van der Waals surface area contributed by atoms with Crippen LogP contribution in [0.3, 0.4) is 0 Å². The molecule has 3 aromatic carbocycles. The van der Waals surface area contributed by atoms with Crippen LogP contribution < -0.4 is 10.6 Å². The fraction of sp³-hybridized carbons (Fsp3) is 0.160. The summed E-state index contributed by atoms with van der Waals surface area (Å²) in [5, 5.41) is 5.13. The van der Waals surface area contributed by atoms with Gasteiger partial charge in [-0.1, -0.05) is 48.5 Å². The van der Waals surface area contributed by atoms with E-state index in [-0.39, 0.29) is 30.3 Å². The molecule has 34 heavy (non-hydrogen) atoms. The monoisotopic (exact) mass is 484 g/mol. The molecule has 0 aliphatic carbocycles. The van der Waals surface area contributed by atoms with Gasteiger partial charge in [0.05, 0.1) is 11.3 Å². The van der Waals surface area contributed by atoms with Crippen molar-refractivity contribution in [2.24, 2.45) is 0 Å². The first-order valence-electron chi connectivity index (χ1n) is 10.3. The highest BCUT2D eigenvalue weighted by molar-refractivity contribution is 8.00. The molecule has 0 saturated carbocycles. The number of benzene rings is 3. The van der Waals surface area contributed by atoms with E-state index in [4.69, 9.17) is 4.74 Å². The second-order valence-electron chi connectivity index (χ2n) is 7.10. The van der Waals surface area contributed by atoms with Crippen LogP contribution in [0.4, 0.5) is 8.78 Å². The maximum Gasteiger partial charge on any atom is 0.339 e. The lowest BCUT2D eigenvalue weighted by molar-refractivity contribution is -0.124. The highest BCUT2D eigenvalue weighted by Crippen LogP contribution is 2.23. The predicted octanol–water partition coefficient (Wildman–Crippen LogP) is 3.85. The summed E-state index contributed by atoms with van der Waals surface area (Å²) in [5.41, 5.74) is 0.895. The lowest BCUT2D eigenvalue weighted by Crippen LogP contribution is -2.28. The molecule has 0 fully saturated rings. The van der Waals surface area contributed by atoms with Gasteiger partial charge in [0.1, 0.15) is 11.6 Å². The second-order valence-corrected chi connectivity index (χ2v) is 8.11. The molecule has 0 unspecified atom stereocenters. The van der Waals surface area contributed by atoms with Crippen molar-refractivity contribution >= 4 is 29.5 Å². The van der Waals surface area contributed by atoms with Crippen LogP contribution in [-0.4, -0.2) is 30.1 Å². The zero-order valence-electron chi connectivity index (χ0n) is 18.1. The van der Waals surface area contributed by atoms with Crippen LogP contribution in [0.25, 0.3) is 0 Å². The Balaban J connectivity index is 1.47. The summed E-state index contributed by atoms with van der Waals surface area (Å²) in [5.74, 6) is -2.47. The van der Waals surface area contributed by atoms with Gasteiger partial charge in [-0.05, 0) is 24.3 Å². The lowest BCUT2D eigenvalue weighted by Gasteiger charge is -2.10. The molecule has 0 bridgehead atoms. The van der Waals surface area contributed by atoms with E-state index < -0.39 is 30.1 Å². The Morgan fingerprint density at radius 1 is 0.735 bits per heavy atom. The van der Waals surface area contributed by atoms with E-state index in [1.54, 1.807) is 54.6 Å². The van der Waals surface area contributed by atoms with E-state index in [9.17, 15) is 23.2 Å². The smallest absolute Gasteiger partial charge is 0.339 e. The summed E-state index contributed by atoms with van der Waals surface area (Å²) in [4.78, 5) is 37.1. The maximum absolute atomic E-state index is 13.7. The molecule has 0 heterocycles. The number of thioether (sulfide) groups is 1. The van der Waals surface area contributed by atoms with Crippen LogP contribution in [0, 0.1) is 11.6 Å². The Hall–Kier alpha value is -3.72. The van der Waals surface area contributed by atoms with Gasteiger partial charge in [0.2, 0.25) is 5.91 Å². The summed E-state index contributed by atoms with van der Waals surface area (Å²) < 4.78 is 32.4. The minimum Gasteiger partial charge on any atom is -0.452 e. The first-order chi connectivity index (χ1) is 16.4. The van der Waals surface area contributed by atoms with Crippen molar-refractivity contribution in [3.63, 3.8) is 0 Å². The van der Waals surface area contributed by atoms with Crippen LogP contribution in [0.15, 0.2) is 77.7 Å². The minimum absolute atomic E-state index is 0.00186. The molecule has 0 saturated heterocycles. The summed E-state index contributed by atoms with van der Waals surface area (Å²) in [7, 11) is 0. The quantitative estimate of drug-likeness (QED) is 0.337. The Morgan fingerprint density at radius 3 is 1.88 bits per heavy atom. The Bertz CT molecular complexity index is 1170. The molecule has 6 nitrogen and oxygen atoms in total. The normalized spacial score (nSPS) is 10.4. The van der Waals surface area contributed by atoms with E-state index >= 15 is 0 Å². The molecule has 3 aromatic rings. The van der Waals surface area contributed by atoms with Crippen molar-refractivity contribution in [3.05, 3.63) is 101 Å². The van der Waals surface area contributed by atoms with E-state index in [2.05, 4.69) is 10.6 Å². The number of rotatable bonds is 10. The van der Waals surface area contributed by atoms with Crippen molar-refractivity contribution < 1.29 is 27.9 Å². The fourth-order valence-electron chi connectivity index (χ4n) is 2.89. The number of halogens is 2. The third kappa shape index (κ3) is 7.41. The molecule has 2 amide bonds. The van der Waals surface area contributed by atoms with Crippen molar-refractivity contribution in [1.29, 1.82) is 0 Å². The number of nitrogens with one attached hydrogen (secondary N) is 2. The van der Waals surface area contributed by atoms with Crippen LogP contribution in [0.1, 0.15) is 21.5 Å². The largest absolute Gasteiger partial charge is 0.452 e. The molecule has 0 aromatic heterocycles. The summed E-state index contributed by atoms with van der Waals surface area (Å²) in [6.45, 7) is -0.509. The highest BCUT2D eigenvalue weighted by Gasteiger charge is 2.16. The highest BCUT2D eigenvalue weighted by atomic mass is 32.2. The van der Waals surface area contributed by atoms with Gasteiger partial charge in [0.15, 0.2) is 6.61 Å². The van der Waals surface area contributed by atoms with E-state index in [1.807, 2.05) is 0 Å². The first kappa shape index (κ1) is 24.9. The van der Waals surface area contributed by atoms with Gasteiger partial charge >= 0.3 is 5.97 Å². The SMILES string of the molecule is O=C(COC(=O)c1ccccc1SCC(=O)NCc1ccccc1F)NCc1ccccc1F. The van der Waals surface area contributed by atoms with Gasteiger partial charge < -0.3 is 15.4 Å².